The van der Waals surface area contributed by atoms with Crippen molar-refractivity contribution in [2.75, 3.05) is 11.4 Å². The lowest BCUT2D eigenvalue weighted by molar-refractivity contribution is -0.132. The highest BCUT2D eigenvalue weighted by molar-refractivity contribution is 7.18. The zero-order valence-corrected chi connectivity index (χ0v) is 13.7. The van der Waals surface area contributed by atoms with Gasteiger partial charge in [0.2, 0.25) is 5.91 Å². The number of thiophene rings is 1. The Morgan fingerprint density at radius 2 is 1.95 bits per heavy atom. The number of carbonyl (C=O) groups is 2. The van der Waals surface area contributed by atoms with Crippen LogP contribution in [0.15, 0.2) is 30.3 Å². The van der Waals surface area contributed by atoms with Crippen LogP contribution in [0.5, 0.6) is 0 Å². The number of carboxylic acid groups (broad SMARTS) is 1. The van der Waals surface area contributed by atoms with E-state index in [1.807, 2.05) is 26.0 Å². The number of nitrogens with zero attached hydrogens (tertiary/aromatic N) is 1. The van der Waals surface area contributed by atoms with Gasteiger partial charge in [-0.05, 0) is 37.6 Å². The Labute approximate surface area is 136 Å². The van der Waals surface area contributed by atoms with E-state index in [-0.39, 0.29) is 10.8 Å². The lowest BCUT2D eigenvalue weighted by Crippen LogP contribution is -2.58. The Morgan fingerprint density at radius 1 is 1.32 bits per heavy atom. The second-order valence-electron chi connectivity index (χ2n) is 5.91. The highest BCUT2D eigenvalue weighted by atomic mass is 35.5. The van der Waals surface area contributed by atoms with Gasteiger partial charge in [-0.3, -0.25) is 4.79 Å². The van der Waals surface area contributed by atoms with Crippen LogP contribution in [0.25, 0.3) is 10.4 Å². The molecular weight excluding hydrogens is 322 g/mol. The minimum absolute atomic E-state index is 0.0459. The summed E-state index contributed by atoms with van der Waals surface area (Å²) in [6.07, 6.45) is 0. The Bertz CT molecular complexity index is 764. The average Bonchev–Trinajstić information content (AvgIpc) is 2.90. The van der Waals surface area contributed by atoms with Crippen LogP contribution < -0.4 is 4.90 Å². The molecule has 0 saturated carbocycles. The van der Waals surface area contributed by atoms with Gasteiger partial charge in [0.1, 0.15) is 4.88 Å². The molecule has 1 amide bonds. The minimum atomic E-state index is -1.02. The number of amides is 1. The van der Waals surface area contributed by atoms with Crippen LogP contribution in [0.4, 0.5) is 5.69 Å². The van der Waals surface area contributed by atoms with Gasteiger partial charge in [-0.15, -0.1) is 11.3 Å². The second-order valence-corrected chi connectivity index (χ2v) is 7.40. The van der Waals surface area contributed by atoms with E-state index < -0.39 is 11.4 Å². The van der Waals surface area contributed by atoms with E-state index in [2.05, 4.69) is 0 Å². The van der Waals surface area contributed by atoms with Crippen molar-refractivity contribution in [2.24, 2.45) is 5.41 Å². The van der Waals surface area contributed by atoms with Gasteiger partial charge >= 0.3 is 5.97 Å². The molecule has 1 N–H and O–H groups in total. The molecule has 1 saturated heterocycles. The number of β-lactam (4-membered cyclic amide) rings is 1. The quantitative estimate of drug-likeness (QED) is 0.858. The first kappa shape index (κ1) is 15.1. The summed E-state index contributed by atoms with van der Waals surface area (Å²) < 4.78 is 0. The zero-order valence-electron chi connectivity index (χ0n) is 12.1. The molecule has 0 unspecified atom stereocenters. The molecular formula is C16H14ClNO3S. The van der Waals surface area contributed by atoms with E-state index >= 15 is 0 Å². The molecule has 1 fully saturated rings. The van der Waals surface area contributed by atoms with Crippen molar-refractivity contribution in [1.29, 1.82) is 0 Å². The summed E-state index contributed by atoms with van der Waals surface area (Å²) in [6, 6.07) is 8.96. The van der Waals surface area contributed by atoms with Crippen LogP contribution in [0.3, 0.4) is 0 Å². The SMILES string of the molecule is CC1(C)CN(c2cc(-c3ccc(Cl)cc3)sc2C(=O)O)C1=O. The summed E-state index contributed by atoms with van der Waals surface area (Å²) in [6.45, 7) is 4.25. The Balaban J connectivity index is 2.02. The Hall–Kier alpha value is -1.85. The molecule has 3 rings (SSSR count). The number of hydrogen-bond acceptors (Lipinski definition) is 3. The molecule has 4 nitrogen and oxygen atoms in total. The molecule has 1 aliphatic rings. The minimum Gasteiger partial charge on any atom is -0.477 e. The average molecular weight is 336 g/mol. The molecule has 2 aromatic rings. The molecule has 2 heterocycles. The van der Waals surface area contributed by atoms with Crippen molar-refractivity contribution >= 4 is 40.5 Å². The summed E-state index contributed by atoms with van der Waals surface area (Å²) >= 11 is 7.04. The number of carboxylic acids is 1. The van der Waals surface area contributed by atoms with E-state index in [1.54, 1.807) is 23.1 Å². The number of halogens is 1. The number of aromatic carboxylic acids is 1. The maximum absolute atomic E-state index is 12.2. The van der Waals surface area contributed by atoms with Gasteiger partial charge in [-0.2, -0.15) is 0 Å². The van der Waals surface area contributed by atoms with Crippen LogP contribution in [0.2, 0.25) is 5.02 Å². The topological polar surface area (TPSA) is 57.6 Å². The molecule has 1 aliphatic heterocycles. The fourth-order valence-corrected chi connectivity index (χ4v) is 3.63. The van der Waals surface area contributed by atoms with Gasteiger partial charge in [0, 0.05) is 16.4 Å². The highest BCUT2D eigenvalue weighted by Gasteiger charge is 2.46. The Kier molecular flexibility index (Phi) is 3.50. The largest absolute Gasteiger partial charge is 0.477 e. The normalized spacial score (nSPS) is 16.5. The fourth-order valence-electron chi connectivity index (χ4n) is 2.49. The molecule has 114 valence electrons. The monoisotopic (exact) mass is 335 g/mol. The fraction of sp³-hybridized carbons (Fsp3) is 0.250. The summed E-state index contributed by atoms with van der Waals surface area (Å²) in [7, 11) is 0. The zero-order chi connectivity index (χ0) is 16.1. The third-order valence-electron chi connectivity index (χ3n) is 3.70. The third kappa shape index (κ3) is 2.40. The van der Waals surface area contributed by atoms with Gasteiger partial charge < -0.3 is 10.0 Å². The first-order chi connectivity index (χ1) is 10.3. The van der Waals surface area contributed by atoms with Crippen molar-refractivity contribution < 1.29 is 14.7 Å². The predicted octanol–water partition coefficient (Wildman–Crippen LogP) is 4.14. The van der Waals surface area contributed by atoms with E-state index in [9.17, 15) is 14.7 Å². The van der Waals surface area contributed by atoms with E-state index in [1.165, 1.54) is 11.3 Å². The molecule has 0 bridgehead atoms. The van der Waals surface area contributed by atoms with Crippen LogP contribution in [-0.4, -0.2) is 23.5 Å². The molecule has 22 heavy (non-hydrogen) atoms. The lowest BCUT2D eigenvalue weighted by Gasteiger charge is -2.44. The summed E-state index contributed by atoms with van der Waals surface area (Å²) in [5.74, 6) is -1.06. The van der Waals surface area contributed by atoms with Gasteiger partial charge in [-0.1, -0.05) is 23.7 Å². The number of rotatable bonds is 3. The van der Waals surface area contributed by atoms with Crippen molar-refractivity contribution in [3.8, 4) is 10.4 Å². The highest BCUT2D eigenvalue weighted by Crippen LogP contribution is 2.43. The smallest absolute Gasteiger partial charge is 0.348 e. The number of hydrogen-bond donors (Lipinski definition) is 1. The van der Waals surface area contributed by atoms with E-state index in [4.69, 9.17) is 11.6 Å². The first-order valence-electron chi connectivity index (χ1n) is 6.74. The van der Waals surface area contributed by atoms with Gasteiger partial charge in [-0.25, -0.2) is 4.79 Å². The number of carbonyl (C=O) groups excluding carboxylic acids is 1. The van der Waals surface area contributed by atoms with Crippen molar-refractivity contribution in [2.45, 2.75) is 13.8 Å². The third-order valence-corrected chi connectivity index (χ3v) is 5.12. The molecule has 6 heteroatoms. The van der Waals surface area contributed by atoms with Crippen molar-refractivity contribution in [3.05, 3.63) is 40.2 Å². The number of benzene rings is 1. The van der Waals surface area contributed by atoms with E-state index in [0.717, 1.165) is 10.4 Å². The standard InChI is InChI=1S/C16H14ClNO3S/c1-16(2)8-18(15(16)21)11-7-12(22-13(11)14(19)20)9-3-5-10(17)6-4-9/h3-7H,8H2,1-2H3,(H,19,20). The van der Waals surface area contributed by atoms with Crippen LogP contribution in [0, 0.1) is 5.41 Å². The van der Waals surface area contributed by atoms with Gasteiger partial charge in [0.15, 0.2) is 0 Å². The summed E-state index contributed by atoms with van der Waals surface area (Å²) in [4.78, 5) is 26.2. The van der Waals surface area contributed by atoms with Crippen molar-refractivity contribution in [3.63, 3.8) is 0 Å². The molecule has 0 radical (unpaired) electrons. The number of anilines is 1. The van der Waals surface area contributed by atoms with Crippen LogP contribution in [0.1, 0.15) is 23.5 Å². The predicted molar refractivity (Wildman–Crippen MR) is 87.9 cm³/mol. The summed E-state index contributed by atoms with van der Waals surface area (Å²) in [5.41, 5.74) is 0.945. The molecule has 1 aromatic carbocycles. The molecule has 0 spiro atoms. The maximum Gasteiger partial charge on any atom is 0.348 e. The van der Waals surface area contributed by atoms with Gasteiger partial charge in [0.25, 0.3) is 0 Å². The molecule has 1 aromatic heterocycles. The van der Waals surface area contributed by atoms with Gasteiger partial charge in [0.05, 0.1) is 11.1 Å². The Morgan fingerprint density at radius 3 is 2.45 bits per heavy atom. The maximum atomic E-state index is 12.2. The van der Waals surface area contributed by atoms with Crippen molar-refractivity contribution in [1.82, 2.24) is 0 Å². The lowest BCUT2D eigenvalue weighted by atomic mass is 9.82. The second kappa shape index (κ2) is 5.11. The van der Waals surface area contributed by atoms with Crippen LogP contribution >= 0.6 is 22.9 Å². The first-order valence-corrected chi connectivity index (χ1v) is 7.94. The molecule has 0 atom stereocenters. The summed E-state index contributed by atoms with van der Waals surface area (Å²) in [5, 5.41) is 10.0. The molecule has 0 aliphatic carbocycles. The van der Waals surface area contributed by atoms with E-state index in [0.29, 0.717) is 17.3 Å². The van der Waals surface area contributed by atoms with Crippen LogP contribution in [-0.2, 0) is 4.79 Å².